The van der Waals surface area contributed by atoms with E-state index in [9.17, 15) is 9.59 Å². The van der Waals surface area contributed by atoms with Crippen LogP contribution in [-0.4, -0.2) is 52.5 Å². The summed E-state index contributed by atoms with van der Waals surface area (Å²) >= 11 is 0. The molecule has 0 bridgehead atoms. The monoisotopic (exact) mass is 511 g/mol. The number of hydrogen-bond donors (Lipinski definition) is 2. The van der Waals surface area contributed by atoms with Crippen LogP contribution in [0.5, 0.6) is 0 Å². The molecule has 2 fully saturated rings. The minimum atomic E-state index is -0.483. The highest BCUT2D eigenvalue weighted by atomic mass is 16.5. The van der Waals surface area contributed by atoms with Gasteiger partial charge in [0, 0.05) is 37.0 Å². The molecule has 0 spiro atoms. The lowest BCUT2D eigenvalue weighted by atomic mass is 9.99. The second kappa shape index (κ2) is 10.2. The lowest BCUT2D eigenvalue weighted by Gasteiger charge is -2.38. The standard InChI is InChI=1S/C30H33N5O3/c1-19-16-35-28(36)24-9-6-10-25(27(24)29(35)38-20(19)2)32-30(37)33-26-15-22(11-13-31-26)23-12-14-34(18-23)17-21-7-4-3-5-8-21/h3-11,13,15,19-20,23,29H,12,14,16-18H2,1-2H3,(H2,31,32,33,37). The molecule has 6 rings (SSSR count). The highest BCUT2D eigenvalue weighted by Crippen LogP contribution is 2.43. The largest absolute Gasteiger partial charge is 0.351 e. The molecule has 1 aromatic heterocycles. The molecule has 2 saturated heterocycles. The predicted octanol–water partition coefficient (Wildman–Crippen LogP) is 5.22. The summed E-state index contributed by atoms with van der Waals surface area (Å²) in [6.45, 7) is 7.70. The average molecular weight is 512 g/mol. The van der Waals surface area contributed by atoms with E-state index in [-0.39, 0.29) is 17.9 Å². The Labute approximate surface area is 223 Å². The fourth-order valence-corrected chi connectivity index (χ4v) is 5.79. The number of fused-ring (bicyclic) bond motifs is 3. The zero-order chi connectivity index (χ0) is 26.2. The van der Waals surface area contributed by atoms with E-state index in [0.717, 1.165) is 31.6 Å². The molecule has 4 unspecified atom stereocenters. The van der Waals surface area contributed by atoms with Gasteiger partial charge in [-0.15, -0.1) is 0 Å². The number of ether oxygens (including phenoxy) is 1. The molecular formula is C30H33N5O3. The van der Waals surface area contributed by atoms with E-state index in [2.05, 4.69) is 51.7 Å². The van der Waals surface area contributed by atoms with Crippen molar-refractivity contribution >= 4 is 23.4 Å². The number of nitrogens with zero attached hydrogens (tertiary/aromatic N) is 3. The molecule has 196 valence electrons. The van der Waals surface area contributed by atoms with Crippen LogP contribution in [0, 0.1) is 5.92 Å². The highest BCUT2D eigenvalue weighted by Gasteiger charge is 2.44. The van der Waals surface area contributed by atoms with E-state index in [1.807, 2.05) is 31.2 Å². The van der Waals surface area contributed by atoms with Crippen LogP contribution in [0.15, 0.2) is 66.9 Å². The Morgan fingerprint density at radius 3 is 2.74 bits per heavy atom. The van der Waals surface area contributed by atoms with Crippen LogP contribution in [0.1, 0.15) is 59.5 Å². The maximum Gasteiger partial charge on any atom is 0.324 e. The minimum absolute atomic E-state index is 0.0167. The summed E-state index contributed by atoms with van der Waals surface area (Å²) in [7, 11) is 0. The molecule has 0 radical (unpaired) electrons. The molecule has 8 nitrogen and oxygen atoms in total. The van der Waals surface area contributed by atoms with E-state index in [1.54, 1.807) is 23.2 Å². The number of nitrogens with one attached hydrogen (secondary N) is 2. The third-order valence-electron chi connectivity index (χ3n) is 8.02. The average Bonchev–Trinajstić information content (AvgIpc) is 3.49. The molecule has 4 atom stereocenters. The smallest absolute Gasteiger partial charge is 0.324 e. The summed E-state index contributed by atoms with van der Waals surface area (Å²) in [6, 6.07) is 19.5. The first-order chi connectivity index (χ1) is 18.5. The molecule has 4 heterocycles. The van der Waals surface area contributed by atoms with Gasteiger partial charge in [0.05, 0.1) is 11.8 Å². The first-order valence-electron chi connectivity index (χ1n) is 13.4. The molecule has 3 aliphatic rings. The fourth-order valence-electron chi connectivity index (χ4n) is 5.79. The van der Waals surface area contributed by atoms with E-state index < -0.39 is 12.3 Å². The predicted molar refractivity (Wildman–Crippen MR) is 146 cm³/mol. The number of aromatic nitrogens is 1. The van der Waals surface area contributed by atoms with E-state index in [0.29, 0.717) is 29.5 Å². The van der Waals surface area contributed by atoms with Crippen LogP contribution in [0.4, 0.5) is 16.3 Å². The number of pyridine rings is 1. The minimum Gasteiger partial charge on any atom is -0.351 e. The molecule has 2 N–H and O–H groups in total. The second-order valence-electron chi connectivity index (χ2n) is 10.7. The summed E-state index contributed by atoms with van der Waals surface area (Å²) < 4.78 is 6.20. The third kappa shape index (κ3) is 4.77. The van der Waals surface area contributed by atoms with Crippen LogP contribution < -0.4 is 10.6 Å². The zero-order valence-corrected chi connectivity index (χ0v) is 21.8. The van der Waals surface area contributed by atoms with Crippen molar-refractivity contribution in [1.82, 2.24) is 14.8 Å². The molecular weight excluding hydrogens is 478 g/mol. The topological polar surface area (TPSA) is 86.8 Å². The van der Waals surface area contributed by atoms with Gasteiger partial charge >= 0.3 is 6.03 Å². The van der Waals surface area contributed by atoms with Crippen LogP contribution in [0.3, 0.4) is 0 Å². The van der Waals surface area contributed by atoms with Gasteiger partial charge in [0.15, 0.2) is 6.23 Å². The lowest BCUT2D eigenvalue weighted by Crippen LogP contribution is -2.44. The maximum atomic E-state index is 13.0. The van der Waals surface area contributed by atoms with Gasteiger partial charge < -0.3 is 15.0 Å². The number of carbonyl (C=O) groups is 2. The molecule has 3 aliphatic heterocycles. The Hall–Kier alpha value is -3.75. The van der Waals surface area contributed by atoms with E-state index in [1.165, 1.54) is 11.1 Å². The van der Waals surface area contributed by atoms with Gasteiger partial charge in [0.2, 0.25) is 0 Å². The first kappa shape index (κ1) is 24.6. The SMILES string of the molecule is CC1CN2C(=O)c3cccc(NC(=O)Nc4cc(C5CCN(Cc6ccccc6)C5)ccn4)c3C2OC1C. The van der Waals surface area contributed by atoms with Gasteiger partial charge in [0.1, 0.15) is 5.82 Å². The van der Waals surface area contributed by atoms with Crippen LogP contribution in [-0.2, 0) is 11.3 Å². The van der Waals surface area contributed by atoms with Gasteiger partial charge in [-0.25, -0.2) is 9.78 Å². The van der Waals surface area contributed by atoms with Gasteiger partial charge in [-0.05, 0) is 67.1 Å². The number of amides is 3. The highest BCUT2D eigenvalue weighted by molar-refractivity contribution is 6.04. The summed E-state index contributed by atoms with van der Waals surface area (Å²) in [5.41, 5.74) is 4.37. The Morgan fingerprint density at radius 2 is 1.89 bits per heavy atom. The summed E-state index contributed by atoms with van der Waals surface area (Å²) in [5, 5.41) is 5.82. The number of benzene rings is 2. The summed E-state index contributed by atoms with van der Waals surface area (Å²) in [4.78, 5) is 34.6. The lowest BCUT2D eigenvalue weighted by molar-refractivity contribution is -0.136. The number of urea groups is 1. The maximum absolute atomic E-state index is 13.0. The van der Waals surface area contributed by atoms with Crippen molar-refractivity contribution in [3.05, 3.63) is 89.1 Å². The summed E-state index contributed by atoms with van der Waals surface area (Å²) in [5.74, 6) is 1.09. The van der Waals surface area contributed by atoms with Crippen molar-refractivity contribution in [3.63, 3.8) is 0 Å². The van der Waals surface area contributed by atoms with Crippen molar-refractivity contribution in [3.8, 4) is 0 Å². The quantitative estimate of drug-likeness (QED) is 0.490. The van der Waals surface area contributed by atoms with Crippen LogP contribution in [0.25, 0.3) is 0 Å². The molecule has 38 heavy (non-hydrogen) atoms. The Morgan fingerprint density at radius 1 is 1.05 bits per heavy atom. The van der Waals surface area contributed by atoms with Crippen molar-refractivity contribution in [2.24, 2.45) is 5.92 Å². The van der Waals surface area contributed by atoms with Crippen molar-refractivity contribution < 1.29 is 14.3 Å². The second-order valence-corrected chi connectivity index (χ2v) is 10.7. The number of rotatable bonds is 5. The Kier molecular flexibility index (Phi) is 6.59. The van der Waals surface area contributed by atoms with E-state index in [4.69, 9.17) is 4.74 Å². The first-order valence-corrected chi connectivity index (χ1v) is 13.4. The zero-order valence-electron chi connectivity index (χ0n) is 21.8. The van der Waals surface area contributed by atoms with Gasteiger partial charge in [-0.1, -0.05) is 43.3 Å². The fraction of sp³-hybridized carbons (Fsp3) is 0.367. The number of anilines is 2. The van der Waals surface area contributed by atoms with Gasteiger partial charge in [-0.2, -0.15) is 0 Å². The van der Waals surface area contributed by atoms with Gasteiger partial charge in [-0.3, -0.25) is 15.0 Å². The number of carbonyl (C=O) groups excluding carboxylic acids is 2. The normalized spacial score (nSPS) is 24.7. The molecule has 3 amide bonds. The van der Waals surface area contributed by atoms with Crippen molar-refractivity contribution in [2.45, 2.75) is 45.1 Å². The Balaban J connectivity index is 1.12. The molecule has 8 heteroatoms. The van der Waals surface area contributed by atoms with Crippen molar-refractivity contribution in [2.75, 3.05) is 30.3 Å². The summed E-state index contributed by atoms with van der Waals surface area (Å²) in [6.07, 6.45) is 2.35. The molecule has 0 saturated carbocycles. The number of likely N-dealkylation sites (tertiary alicyclic amines) is 1. The third-order valence-corrected chi connectivity index (χ3v) is 8.02. The molecule has 2 aromatic carbocycles. The van der Waals surface area contributed by atoms with E-state index >= 15 is 0 Å². The van der Waals surface area contributed by atoms with Gasteiger partial charge in [0.25, 0.3) is 5.91 Å². The number of hydrogen-bond acceptors (Lipinski definition) is 5. The van der Waals surface area contributed by atoms with Crippen LogP contribution in [0.2, 0.25) is 0 Å². The molecule has 0 aliphatic carbocycles. The Bertz CT molecular complexity index is 1350. The van der Waals surface area contributed by atoms with Crippen LogP contribution >= 0.6 is 0 Å². The molecule has 3 aromatic rings. The van der Waals surface area contributed by atoms with Crippen molar-refractivity contribution in [1.29, 1.82) is 0 Å².